The fourth-order valence-electron chi connectivity index (χ4n) is 4.61. The molecular formula is C27H25F3N2O4. The second-order valence-electron chi connectivity index (χ2n) is 9.22. The molecule has 3 aromatic rings. The topological polar surface area (TPSA) is 72.7 Å². The van der Waals surface area contributed by atoms with E-state index >= 15 is 0 Å². The minimum absolute atomic E-state index is 0.0453. The summed E-state index contributed by atoms with van der Waals surface area (Å²) in [5.74, 6) is 0. The number of nitrogens with zero attached hydrogens (tertiary/aromatic N) is 2. The van der Waals surface area contributed by atoms with Crippen LogP contribution in [0.2, 0.25) is 0 Å². The molecule has 0 spiro atoms. The first-order chi connectivity index (χ1) is 16.8. The van der Waals surface area contributed by atoms with Crippen molar-refractivity contribution in [2.45, 2.75) is 52.6 Å². The lowest BCUT2D eigenvalue weighted by atomic mass is 9.93. The molecule has 36 heavy (non-hydrogen) atoms. The molecule has 1 amide bonds. The number of nitro groups is 1. The number of cyclic esters (lactones) is 1. The Bertz CT molecular complexity index is 1350. The maximum atomic E-state index is 13.4. The Morgan fingerprint density at radius 1 is 0.972 bits per heavy atom. The van der Waals surface area contributed by atoms with Gasteiger partial charge in [0.15, 0.2) is 0 Å². The molecule has 0 radical (unpaired) electrons. The number of hydrogen-bond donors (Lipinski definition) is 0. The Labute approximate surface area is 206 Å². The van der Waals surface area contributed by atoms with Gasteiger partial charge in [0.05, 0.1) is 23.1 Å². The van der Waals surface area contributed by atoms with Gasteiger partial charge in [-0.2, -0.15) is 13.2 Å². The highest BCUT2D eigenvalue weighted by Gasteiger charge is 2.41. The van der Waals surface area contributed by atoms with Crippen molar-refractivity contribution in [1.82, 2.24) is 4.90 Å². The number of aryl methyl sites for hydroxylation is 3. The normalized spacial score (nSPS) is 17.9. The summed E-state index contributed by atoms with van der Waals surface area (Å²) in [6.45, 7) is 7.18. The Kier molecular flexibility index (Phi) is 6.51. The molecular weight excluding hydrogens is 473 g/mol. The number of nitro benzene ring substituents is 1. The van der Waals surface area contributed by atoms with Crippen LogP contribution in [0.1, 0.15) is 46.4 Å². The highest BCUT2D eigenvalue weighted by Crippen LogP contribution is 2.39. The minimum atomic E-state index is -4.51. The quantitative estimate of drug-likeness (QED) is 0.274. The fraction of sp³-hybridized carbons (Fsp3) is 0.296. The molecule has 0 saturated carbocycles. The Morgan fingerprint density at radius 2 is 1.69 bits per heavy atom. The number of non-ortho nitro benzene ring substituents is 1. The van der Waals surface area contributed by atoms with Gasteiger partial charge in [0, 0.05) is 12.1 Å². The molecule has 0 aliphatic carbocycles. The molecule has 1 heterocycles. The van der Waals surface area contributed by atoms with E-state index in [1.165, 1.54) is 17.0 Å². The van der Waals surface area contributed by atoms with Gasteiger partial charge in [-0.15, -0.1) is 0 Å². The summed E-state index contributed by atoms with van der Waals surface area (Å²) in [5.41, 5.74) is 3.79. The maximum absolute atomic E-state index is 13.4. The van der Waals surface area contributed by atoms with Crippen LogP contribution in [0.25, 0.3) is 11.1 Å². The van der Waals surface area contributed by atoms with Gasteiger partial charge in [-0.1, -0.05) is 41.5 Å². The number of carbonyl (C=O) groups is 1. The Balaban J connectivity index is 1.70. The summed E-state index contributed by atoms with van der Waals surface area (Å²) in [7, 11) is 0. The first kappa shape index (κ1) is 25.2. The number of amides is 1. The molecule has 9 heteroatoms. The van der Waals surface area contributed by atoms with Crippen LogP contribution in [0.4, 0.5) is 23.7 Å². The number of halogens is 3. The van der Waals surface area contributed by atoms with E-state index in [1.807, 2.05) is 32.0 Å². The van der Waals surface area contributed by atoms with Gasteiger partial charge in [-0.25, -0.2) is 4.79 Å². The van der Waals surface area contributed by atoms with Crippen molar-refractivity contribution in [2.24, 2.45) is 0 Å². The largest absolute Gasteiger partial charge is 0.439 e. The third-order valence-corrected chi connectivity index (χ3v) is 6.47. The Hall–Kier alpha value is -3.88. The molecule has 0 bridgehead atoms. The molecule has 0 aromatic heterocycles. The van der Waals surface area contributed by atoms with Gasteiger partial charge in [0.25, 0.3) is 5.69 Å². The zero-order chi connectivity index (χ0) is 26.4. The van der Waals surface area contributed by atoms with Crippen LogP contribution < -0.4 is 0 Å². The van der Waals surface area contributed by atoms with E-state index in [1.54, 1.807) is 26.0 Å². The average molecular weight is 499 g/mol. The van der Waals surface area contributed by atoms with Gasteiger partial charge in [-0.3, -0.25) is 15.0 Å². The third kappa shape index (κ3) is 4.91. The molecule has 1 aliphatic rings. The third-order valence-electron chi connectivity index (χ3n) is 6.47. The highest BCUT2D eigenvalue weighted by atomic mass is 19.4. The van der Waals surface area contributed by atoms with E-state index in [9.17, 15) is 28.1 Å². The van der Waals surface area contributed by atoms with Crippen molar-refractivity contribution >= 4 is 11.8 Å². The highest BCUT2D eigenvalue weighted by molar-refractivity contribution is 5.75. The van der Waals surface area contributed by atoms with Gasteiger partial charge in [-0.05, 0) is 67.6 Å². The van der Waals surface area contributed by atoms with Crippen molar-refractivity contribution in [3.63, 3.8) is 0 Å². The number of hydrogen-bond acceptors (Lipinski definition) is 4. The van der Waals surface area contributed by atoms with Crippen molar-refractivity contribution in [1.29, 1.82) is 0 Å². The van der Waals surface area contributed by atoms with E-state index in [4.69, 9.17) is 4.74 Å². The summed E-state index contributed by atoms with van der Waals surface area (Å²) in [4.78, 5) is 25.2. The van der Waals surface area contributed by atoms with Gasteiger partial charge < -0.3 is 4.74 Å². The predicted octanol–water partition coefficient (Wildman–Crippen LogP) is 7.29. The zero-order valence-corrected chi connectivity index (χ0v) is 20.2. The summed E-state index contributed by atoms with van der Waals surface area (Å²) in [5, 5.41) is 11.3. The number of carbonyl (C=O) groups excluding carboxylic acids is 1. The van der Waals surface area contributed by atoms with E-state index in [2.05, 4.69) is 0 Å². The van der Waals surface area contributed by atoms with Crippen LogP contribution in [0.15, 0.2) is 54.6 Å². The molecule has 2 atom stereocenters. The van der Waals surface area contributed by atoms with Crippen molar-refractivity contribution in [3.8, 4) is 11.1 Å². The average Bonchev–Trinajstić information content (AvgIpc) is 3.07. The summed E-state index contributed by atoms with van der Waals surface area (Å²) in [6.07, 6.45) is -6.02. The van der Waals surface area contributed by atoms with Crippen LogP contribution in [0.3, 0.4) is 0 Å². The molecule has 1 fully saturated rings. The van der Waals surface area contributed by atoms with Gasteiger partial charge >= 0.3 is 12.3 Å². The lowest BCUT2D eigenvalue weighted by Gasteiger charge is -2.23. The van der Waals surface area contributed by atoms with E-state index in [0.29, 0.717) is 11.1 Å². The second-order valence-corrected chi connectivity index (χ2v) is 9.22. The molecule has 6 nitrogen and oxygen atoms in total. The lowest BCUT2D eigenvalue weighted by Crippen LogP contribution is -2.31. The van der Waals surface area contributed by atoms with E-state index in [-0.39, 0.29) is 17.8 Å². The van der Waals surface area contributed by atoms with Crippen LogP contribution >= 0.6 is 0 Å². The molecule has 4 rings (SSSR count). The summed E-state index contributed by atoms with van der Waals surface area (Å²) in [6, 6.07) is 13.4. The van der Waals surface area contributed by atoms with Gasteiger partial charge in [0.1, 0.15) is 6.10 Å². The number of benzene rings is 3. The van der Waals surface area contributed by atoms with Crippen molar-refractivity contribution in [2.75, 3.05) is 0 Å². The minimum Gasteiger partial charge on any atom is -0.439 e. The van der Waals surface area contributed by atoms with Crippen LogP contribution in [0.5, 0.6) is 0 Å². The molecule has 0 unspecified atom stereocenters. The first-order valence-corrected chi connectivity index (χ1v) is 11.4. The van der Waals surface area contributed by atoms with Crippen molar-refractivity contribution < 1.29 is 27.6 Å². The van der Waals surface area contributed by atoms with Crippen molar-refractivity contribution in [3.05, 3.63) is 98.1 Å². The van der Waals surface area contributed by atoms with E-state index in [0.717, 1.165) is 34.4 Å². The second kappa shape index (κ2) is 9.29. The molecule has 1 saturated heterocycles. The number of rotatable bonds is 5. The summed E-state index contributed by atoms with van der Waals surface area (Å²) < 4.78 is 45.6. The van der Waals surface area contributed by atoms with Gasteiger partial charge in [0.2, 0.25) is 0 Å². The summed E-state index contributed by atoms with van der Waals surface area (Å²) >= 11 is 0. The fourth-order valence-corrected chi connectivity index (χ4v) is 4.61. The SMILES string of the molecule is Cc1cc([C@H]2OC(=O)N(Cc3cc(C)ccc3-c3cc([N+](=O)[O-])ccc3C)[C@H]2C)cc(C(F)(F)F)c1. The first-order valence-electron chi connectivity index (χ1n) is 11.4. The standard InChI is InChI=1S/C27H25F3N2O4/c1-15-5-8-23(24-13-22(32(34)35)7-6-17(24)3)20(9-15)14-31-18(4)25(36-26(31)33)19-10-16(2)11-21(12-19)27(28,29)30/h5-13,18,25H,14H2,1-4H3/t18-,25-/m0/s1. The van der Waals surface area contributed by atoms with Crippen LogP contribution in [-0.4, -0.2) is 22.0 Å². The van der Waals surface area contributed by atoms with E-state index < -0.39 is 34.9 Å². The molecule has 188 valence electrons. The Morgan fingerprint density at radius 3 is 2.36 bits per heavy atom. The van der Waals surface area contributed by atoms with Crippen LogP contribution in [-0.2, 0) is 17.5 Å². The molecule has 3 aromatic carbocycles. The molecule has 1 aliphatic heterocycles. The maximum Gasteiger partial charge on any atom is 0.416 e. The predicted molar refractivity (Wildman–Crippen MR) is 128 cm³/mol. The zero-order valence-electron chi connectivity index (χ0n) is 20.2. The smallest absolute Gasteiger partial charge is 0.416 e. The number of ether oxygens (including phenoxy) is 1. The van der Waals surface area contributed by atoms with Crippen LogP contribution in [0, 0.1) is 30.9 Å². The molecule has 0 N–H and O–H groups in total. The lowest BCUT2D eigenvalue weighted by molar-refractivity contribution is -0.384. The number of alkyl halides is 3. The monoisotopic (exact) mass is 498 g/mol.